The summed E-state index contributed by atoms with van der Waals surface area (Å²) in [5, 5.41) is 10.3. The Balaban J connectivity index is 1.35. The lowest BCUT2D eigenvalue weighted by Gasteiger charge is -2.28. The quantitative estimate of drug-likeness (QED) is 0.118. The molecule has 3 aromatic carbocycles. The van der Waals surface area contributed by atoms with Crippen LogP contribution in [0.3, 0.4) is 0 Å². The van der Waals surface area contributed by atoms with Gasteiger partial charge < -0.3 is 29.6 Å². The van der Waals surface area contributed by atoms with Gasteiger partial charge in [-0.1, -0.05) is 41.4 Å². The van der Waals surface area contributed by atoms with Crippen molar-refractivity contribution in [1.29, 1.82) is 0 Å². The van der Waals surface area contributed by atoms with Crippen LogP contribution in [0.5, 0.6) is 17.2 Å². The van der Waals surface area contributed by atoms with E-state index < -0.39 is 23.9 Å². The summed E-state index contributed by atoms with van der Waals surface area (Å²) >= 11 is 15.8. The summed E-state index contributed by atoms with van der Waals surface area (Å²) in [5.41, 5.74) is 5.13. The van der Waals surface area contributed by atoms with Gasteiger partial charge in [0.25, 0.3) is 5.91 Å². The Morgan fingerprint density at radius 1 is 1.07 bits per heavy atom. The number of esters is 1. The van der Waals surface area contributed by atoms with Crippen molar-refractivity contribution in [2.75, 3.05) is 20.3 Å². The van der Waals surface area contributed by atoms with Crippen LogP contribution in [0.1, 0.15) is 36.6 Å². The van der Waals surface area contributed by atoms with Gasteiger partial charge in [0.1, 0.15) is 6.61 Å². The van der Waals surface area contributed by atoms with Crippen molar-refractivity contribution in [2.45, 2.75) is 26.5 Å². The van der Waals surface area contributed by atoms with Crippen molar-refractivity contribution < 1.29 is 33.3 Å². The molecule has 0 aromatic heterocycles. The second kappa shape index (κ2) is 15.6. The van der Waals surface area contributed by atoms with Crippen LogP contribution in [0.25, 0.3) is 0 Å². The van der Waals surface area contributed by atoms with E-state index in [2.05, 4.69) is 37.1 Å². The van der Waals surface area contributed by atoms with E-state index in [1.54, 1.807) is 56.3 Å². The molecular weight excluding hydrogens is 691 g/mol. The normalized spacial score (nSPS) is 14.4. The number of ether oxygens (including phenoxy) is 4. The molecule has 1 heterocycles. The third-order valence-corrected chi connectivity index (χ3v) is 7.49. The second-order valence-electron chi connectivity index (χ2n) is 9.51. The molecule has 0 radical (unpaired) electrons. The Bertz CT molecular complexity index is 1620. The molecule has 0 bridgehead atoms. The summed E-state index contributed by atoms with van der Waals surface area (Å²) in [6.45, 7) is 3.42. The molecule has 3 amide bonds. The highest BCUT2D eigenvalue weighted by atomic mass is 79.9. The van der Waals surface area contributed by atoms with Crippen LogP contribution >= 0.6 is 39.1 Å². The highest BCUT2D eigenvalue weighted by Gasteiger charge is 2.32. The summed E-state index contributed by atoms with van der Waals surface area (Å²) in [6.07, 6.45) is 1.43. The summed E-state index contributed by atoms with van der Waals surface area (Å²) in [7, 11) is 1.43. The lowest BCUT2D eigenvalue weighted by Crippen LogP contribution is -2.45. The lowest BCUT2D eigenvalue weighted by atomic mass is 9.95. The van der Waals surface area contributed by atoms with Crippen LogP contribution in [0.4, 0.5) is 4.79 Å². The fraction of sp³-hybridized carbons (Fsp3) is 0.226. The first-order chi connectivity index (χ1) is 21.6. The van der Waals surface area contributed by atoms with Gasteiger partial charge in [0.05, 0.1) is 41.0 Å². The number of urea groups is 1. The van der Waals surface area contributed by atoms with E-state index in [0.29, 0.717) is 43.7 Å². The summed E-state index contributed by atoms with van der Waals surface area (Å²) < 4.78 is 22.7. The van der Waals surface area contributed by atoms with Gasteiger partial charge in [-0.25, -0.2) is 15.0 Å². The molecule has 236 valence electrons. The Morgan fingerprint density at radius 3 is 2.51 bits per heavy atom. The first kappa shape index (κ1) is 33.6. The van der Waals surface area contributed by atoms with Crippen LogP contribution in [0.2, 0.25) is 10.0 Å². The number of nitrogens with one attached hydrogen (secondary N) is 3. The van der Waals surface area contributed by atoms with Crippen molar-refractivity contribution in [3.63, 3.8) is 0 Å². The number of rotatable bonds is 12. The van der Waals surface area contributed by atoms with Crippen LogP contribution in [-0.2, 0) is 20.9 Å². The number of halogens is 3. The van der Waals surface area contributed by atoms with Gasteiger partial charge in [-0.2, -0.15) is 5.10 Å². The molecule has 3 N–H and O–H groups in total. The van der Waals surface area contributed by atoms with E-state index >= 15 is 0 Å². The molecule has 3 aromatic rings. The zero-order valence-corrected chi connectivity index (χ0v) is 27.5. The van der Waals surface area contributed by atoms with Crippen LogP contribution in [-0.4, -0.2) is 44.4 Å². The van der Waals surface area contributed by atoms with Crippen LogP contribution < -0.4 is 30.3 Å². The zero-order valence-electron chi connectivity index (χ0n) is 24.4. The molecule has 0 aliphatic carbocycles. The van der Waals surface area contributed by atoms with Gasteiger partial charge in [0.2, 0.25) is 0 Å². The Kier molecular flexibility index (Phi) is 11.7. The van der Waals surface area contributed by atoms with E-state index in [1.165, 1.54) is 13.3 Å². The first-order valence-electron chi connectivity index (χ1n) is 13.5. The number of hydrazone groups is 1. The maximum Gasteiger partial charge on any atom is 0.338 e. The minimum atomic E-state index is -0.781. The fourth-order valence-electron chi connectivity index (χ4n) is 4.29. The van der Waals surface area contributed by atoms with Gasteiger partial charge >= 0.3 is 12.0 Å². The number of methoxy groups -OCH3 is 1. The molecule has 0 spiro atoms. The van der Waals surface area contributed by atoms with Gasteiger partial charge in [-0.3, -0.25) is 4.79 Å². The second-order valence-corrected chi connectivity index (χ2v) is 11.2. The number of carbonyl (C=O) groups excluding carboxylic acids is 3. The predicted molar refractivity (Wildman–Crippen MR) is 173 cm³/mol. The summed E-state index contributed by atoms with van der Waals surface area (Å²) in [5.74, 6) is -0.0671. The number of nitrogens with zero attached hydrogens (tertiary/aromatic N) is 1. The number of hydrogen-bond acceptors (Lipinski definition) is 8. The zero-order chi connectivity index (χ0) is 32.5. The molecule has 0 saturated heterocycles. The smallest absolute Gasteiger partial charge is 0.338 e. The molecule has 0 fully saturated rings. The molecule has 1 aliphatic heterocycles. The van der Waals surface area contributed by atoms with Crippen molar-refractivity contribution in [1.82, 2.24) is 16.1 Å². The Morgan fingerprint density at radius 2 is 1.82 bits per heavy atom. The lowest BCUT2D eigenvalue weighted by molar-refractivity contribution is -0.139. The minimum Gasteiger partial charge on any atom is -0.493 e. The molecule has 45 heavy (non-hydrogen) atoms. The van der Waals surface area contributed by atoms with Crippen molar-refractivity contribution in [3.05, 3.63) is 97.1 Å². The monoisotopic (exact) mass is 718 g/mol. The molecule has 11 nitrogen and oxygen atoms in total. The molecule has 14 heteroatoms. The number of benzene rings is 3. The molecule has 1 aliphatic rings. The maximum absolute atomic E-state index is 12.6. The van der Waals surface area contributed by atoms with Gasteiger partial charge in [-0.15, -0.1) is 0 Å². The third-order valence-electron chi connectivity index (χ3n) is 6.36. The fourth-order valence-corrected chi connectivity index (χ4v) is 5.40. The first-order valence-corrected chi connectivity index (χ1v) is 15.1. The summed E-state index contributed by atoms with van der Waals surface area (Å²) in [6, 6.07) is 14.3. The Hall–Kier alpha value is -4.26. The molecular formula is C31H29BrCl2N4O7. The molecule has 4 rings (SSSR count). The molecule has 0 unspecified atom stereocenters. The third kappa shape index (κ3) is 8.90. The number of carbonyl (C=O) groups is 3. The van der Waals surface area contributed by atoms with Crippen molar-refractivity contribution in [3.8, 4) is 17.2 Å². The van der Waals surface area contributed by atoms with Crippen LogP contribution in [0, 0.1) is 0 Å². The number of hydrogen-bond donors (Lipinski definition) is 3. The minimum absolute atomic E-state index is 0.177. The molecule has 0 saturated carbocycles. The topological polar surface area (TPSA) is 137 Å². The number of allylic oxidation sites excluding steroid dienone is 1. The average molecular weight is 720 g/mol. The van der Waals surface area contributed by atoms with Gasteiger partial charge in [0.15, 0.2) is 23.9 Å². The van der Waals surface area contributed by atoms with E-state index in [9.17, 15) is 14.4 Å². The highest BCUT2D eigenvalue weighted by Crippen LogP contribution is 2.36. The Labute approximate surface area is 278 Å². The predicted octanol–water partition coefficient (Wildman–Crippen LogP) is 6.06. The maximum atomic E-state index is 12.6. The van der Waals surface area contributed by atoms with E-state index in [0.717, 1.165) is 5.56 Å². The average Bonchev–Trinajstić information content (AvgIpc) is 3.00. The summed E-state index contributed by atoms with van der Waals surface area (Å²) in [4.78, 5) is 37.2. The van der Waals surface area contributed by atoms with Crippen LogP contribution in [0.15, 0.2) is 75.4 Å². The largest absolute Gasteiger partial charge is 0.493 e. The van der Waals surface area contributed by atoms with Gasteiger partial charge in [0, 0.05) is 10.7 Å². The SMILES string of the molecule is CCOC(=O)C1=C(C)NC(=O)N[C@H]1c1ccc(OCC(=O)N/N=C\c2cc(Cl)c(OCc3ccc(Cl)cc3)c(Br)c2)c(OC)c1. The molecule has 1 atom stereocenters. The van der Waals surface area contributed by atoms with Crippen molar-refractivity contribution >= 4 is 63.3 Å². The van der Waals surface area contributed by atoms with E-state index in [1.807, 2.05) is 12.1 Å². The highest BCUT2D eigenvalue weighted by molar-refractivity contribution is 9.10. The van der Waals surface area contributed by atoms with Gasteiger partial charge in [-0.05, 0) is 82.9 Å². The van der Waals surface area contributed by atoms with E-state index in [-0.39, 0.29) is 30.3 Å². The van der Waals surface area contributed by atoms with E-state index in [4.69, 9.17) is 42.1 Å². The van der Waals surface area contributed by atoms with Crippen molar-refractivity contribution in [2.24, 2.45) is 5.10 Å². The standard InChI is InChI=1S/C31H29BrCl2N4O7/c1-4-43-30(40)27-17(2)36-31(41)37-28(27)20-7-10-24(25(13-20)42-3)44-16-26(39)38-35-14-19-11-22(32)29(23(34)12-19)45-15-18-5-8-21(33)9-6-18/h5-14,28H,4,15-16H2,1-3H3,(H,38,39)(H2,36,37,41)/b35-14-/t28-/m0/s1. The number of amides is 3.